The molecule has 0 radical (unpaired) electrons. The summed E-state index contributed by atoms with van der Waals surface area (Å²) in [6, 6.07) is 0.959. The van der Waals surface area contributed by atoms with Crippen LogP contribution < -0.4 is 0 Å². The number of hydrogen-bond donors (Lipinski definition) is 0. The average Bonchev–Trinajstić information content (AvgIpc) is 2.27. The molecule has 2 fully saturated rings. The summed E-state index contributed by atoms with van der Waals surface area (Å²) in [5.41, 5.74) is 0. The van der Waals surface area contributed by atoms with Gasteiger partial charge in [-0.1, -0.05) is 13.8 Å². The normalized spacial score (nSPS) is 45.8. The number of nitrogens with zero attached hydrogens (tertiary/aromatic N) is 1. The van der Waals surface area contributed by atoms with E-state index in [9.17, 15) is 0 Å². The average molecular weight is 153 g/mol. The lowest BCUT2D eigenvalue weighted by atomic mass is 9.94. The van der Waals surface area contributed by atoms with Crippen LogP contribution in [0.25, 0.3) is 0 Å². The van der Waals surface area contributed by atoms with E-state index in [1.807, 2.05) is 0 Å². The smallest absolute Gasteiger partial charge is 0.00986 e. The van der Waals surface area contributed by atoms with E-state index >= 15 is 0 Å². The monoisotopic (exact) mass is 153 g/mol. The third-order valence-electron chi connectivity index (χ3n) is 3.28. The Kier molecular flexibility index (Phi) is 1.92. The Morgan fingerprint density at radius 1 is 1.00 bits per heavy atom. The van der Waals surface area contributed by atoms with Gasteiger partial charge in [-0.2, -0.15) is 0 Å². The molecule has 0 aromatic rings. The van der Waals surface area contributed by atoms with E-state index in [1.54, 1.807) is 0 Å². The van der Waals surface area contributed by atoms with Gasteiger partial charge in [0.05, 0.1) is 0 Å². The fraction of sp³-hybridized carbons (Fsp3) is 1.00. The van der Waals surface area contributed by atoms with Crippen LogP contribution in [0.1, 0.15) is 33.1 Å². The van der Waals surface area contributed by atoms with E-state index in [1.165, 1.54) is 32.4 Å². The number of piperidine rings is 1. The third-order valence-corrected chi connectivity index (χ3v) is 3.28. The van der Waals surface area contributed by atoms with Crippen LogP contribution in [-0.2, 0) is 0 Å². The molecule has 0 aliphatic carbocycles. The second-order valence-electron chi connectivity index (χ2n) is 4.63. The Morgan fingerprint density at radius 3 is 2.55 bits per heavy atom. The Hall–Kier alpha value is -0.0400. The van der Waals surface area contributed by atoms with Gasteiger partial charge in [0.15, 0.2) is 0 Å². The fourth-order valence-electron chi connectivity index (χ4n) is 2.73. The van der Waals surface area contributed by atoms with Crippen LogP contribution in [0, 0.1) is 11.8 Å². The van der Waals surface area contributed by atoms with Crippen LogP contribution in [-0.4, -0.2) is 24.0 Å². The van der Waals surface area contributed by atoms with E-state index in [0.29, 0.717) is 0 Å². The number of fused-ring (bicyclic) bond motifs is 1. The lowest BCUT2D eigenvalue weighted by Crippen LogP contribution is -2.38. The molecule has 3 atom stereocenters. The third kappa shape index (κ3) is 1.44. The van der Waals surface area contributed by atoms with Crippen LogP contribution in [0.15, 0.2) is 0 Å². The minimum Gasteiger partial charge on any atom is -0.300 e. The Bertz CT molecular complexity index is 144. The summed E-state index contributed by atoms with van der Waals surface area (Å²) in [5, 5.41) is 0. The summed E-state index contributed by atoms with van der Waals surface area (Å²) in [5.74, 6) is 1.92. The highest BCUT2D eigenvalue weighted by molar-refractivity contribution is 4.87. The van der Waals surface area contributed by atoms with Gasteiger partial charge in [-0.25, -0.2) is 0 Å². The van der Waals surface area contributed by atoms with Gasteiger partial charge < -0.3 is 0 Å². The van der Waals surface area contributed by atoms with E-state index in [2.05, 4.69) is 18.7 Å². The molecule has 0 spiro atoms. The summed E-state index contributed by atoms with van der Waals surface area (Å²) in [6.45, 7) is 7.52. The Labute approximate surface area is 69.8 Å². The summed E-state index contributed by atoms with van der Waals surface area (Å²) in [7, 11) is 0. The van der Waals surface area contributed by atoms with Crippen molar-refractivity contribution in [3.8, 4) is 0 Å². The standard InChI is InChI=1S/C10H19N/c1-8-3-4-10-5-9(2)7-11(10)6-8/h8-10H,3-7H2,1-2H3/t8-,9-,10-/m0/s1. The van der Waals surface area contributed by atoms with Gasteiger partial charge in [-0.3, -0.25) is 4.90 Å². The molecule has 0 aromatic carbocycles. The van der Waals surface area contributed by atoms with Crippen LogP contribution in [0.2, 0.25) is 0 Å². The molecule has 0 bridgehead atoms. The molecular weight excluding hydrogens is 134 g/mol. The molecule has 2 saturated heterocycles. The van der Waals surface area contributed by atoms with Crippen molar-refractivity contribution >= 4 is 0 Å². The van der Waals surface area contributed by atoms with E-state index in [4.69, 9.17) is 0 Å². The van der Waals surface area contributed by atoms with Crippen molar-refractivity contribution in [2.24, 2.45) is 11.8 Å². The van der Waals surface area contributed by atoms with E-state index < -0.39 is 0 Å². The molecule has 2 rings (SSSR count). The van der Waals surface area contributed by atoms with E-state index in [0.717, 1.165) is 17.9 Å². The van der Waals surface area contributed by atoms with Gasteiger partial charge in [-0.15, -0.1) is 0 Å². The first-order valence-corrected chi connectivity index (χ1v) is 4.99. The van der Waals surface area contributed by atoms with E-state index in [-0.39, 0.29) is 0 Å². The number of hydrogen-bond acceptors (Lipinski definition) is 1. The summed E-state index contributed by atoms with van der Waals surface area (Å²) in [4.78, 5) is 2.71. The molecule has 2 aliphatic rings. The molecular formula is C10H19N. The SMILES string of the molecule is C[C@H]1CC[C@H]2C[C@H](C)CN2C1. The van der Waals surface area contributed by atoms with Gasteiger partial charge in [0.2, 0.25) is 0 Å². The van der Waals surface area contributed by atoms with Crippen molar-refractivity contribution in [3.63, 3.8) is 0 Å². The lowest BCUT2D eigenvalue weighted by Gasteiger charge is -2.33. The van der Waals surface area contributed by atoms with Crippen LogP contribution >= 0.6 is 0 Å². The lowest BCUT2D eigenvalue weighted by molar-refractivity contribution is 0.155. The van der Waals surface area contributed by atoms with Crippen molar-refractivity contribution in [1.29, 1.82) is 0 Å². The minimum atomic E-state index is 0.955. The van der Waals surface area contributed by atoms with Crippen molar-refractivity contribution in [1.82, 2.24) is 4.90 Å². The molecule has 2 aliphatic heterocycles. The molecule has 1 heteroatoms. The van der Waals surface area contributed by atoms with Gasteiger partial charge >= 0.3 is 0 Å². The molecule has 2 heterocycles. The molecule has 0 saturated carbocycles. The van der Waals surface area contributed by atoms with Crippen molar-refractivity contribution < 1.29 is 0 Å². The van der Waals surface area contributed by atoms with Gasteiger partial charge in [0.25, 0.3) is 0 Å². The van der Waals surface area contributed by atoms with Gasteiger partial charge in [-0.05, 0) is 31.1 Å². The van der Waals surface area contributed by atoms with Crippen molar-refractivity contribution in [2.75, 3.05) is 13.1 Å². The maximum absolute atomic E-state index is 2.71. The predicted molar refractivity (Wildman–Crippen MR) is 47.5 cm³/mol. The minimum absolute atomic E-state index is 0.955. The number of rotatable bonds is 0. The fourth-order valence-corrected chi connectivity index (χ4v) is 2.73. The molecule has 0 N–H and O–H groups in total. The molecule has 0 unspecified atom stereocenters. The first-order chi connectivity index (χ1) is 5.25. The second kappa shape index (κ2) is 2.78. The molecule has 11 heavy (non-hydrogen) atoms. The maximum atomic E-state index is 2.71. The largest absolute Gasteiger partial charge is 0.300 e. The van der Waals surface area contributed by atoms with Crippen LogP contribution in [0.4, 0.5) is 0 Å². The molecule has 0 amide bonds. The highest BCUT2D eigenvalue weighted by atomic mass is 15.2. The first kappa shape index (κ1) is 7.60. The van der Waals surface area contributed by atoms with Crippen molar-refractivity contribution in [2.45, 2.75) is 39.2 Å². The second-order valence-corrected chi connectivity index (χ2v) is 4.63. The summed E-state index contributed by atoms with van der Waals surface area (Å²) in [6.07, 6.45) is 4.39. The zero-order valence-electron chi connectivity index (χ0n) is 7.71. The topological polar surface area (TPSA) is 3.24 Å². The highest BCUT2D eigenvalue weighted by Crippen LogP contribution is 2.31. The quantitative estimate of drug-likeness (QED) is 0.515. The van der Waals surface area contributed by atoms with Gasteiger partial charge in [0.1, 0.15) is 0 Å². The maximum Gasteiger partial charge on any atom is 0.00986 e. The molecule has 1 nitrogen and oxygen atoms in total. The van der Waals surface area contributed by atoms with Crippen LogP contribution in [0.3, 0.4) is 0 Å². The highest BCUT2D eigenvalue weighted by Gasteiger charge is 2.33. The first-order valence-electron chi connectivity index (χ1n) is 4.99. The van der Waals surface area contributed by atoms with Crippen molar-refractivity contribution in [3.05, 3.63) is 0 Å². The van der Waals surface area contributed by atoms with Gasteiger partial charge in [0, 0.05) is 19.1 Å². The summed E-state index contributed by atoms with van der Waals surface area (Å²) < 4.78 is 0. The predicted octanol–water partition coefficient (Wildman–Crippen LogP) is 2.13. The zero-order valence-corrected chi connectivity index (χ0v) is 7.71. The Balaban J connectivity index is 1.97. The van der Waals surface area contributed by atoms with Crippen LogP contribution in [0.5, 0.6) is 0 Å². The molecule has 64 valence electrons. The Morgan fingerprint density at radius 2 is 1.73 bits per heavy atom. The summed E-state index contributed by atoms with van der Waals surface area (Å²) >= 11 is 0. The zero-order chi connectivity index (χ0) is 7.84. The molecule has 0 aromatic heterocycles.